The molecule has 1 aromatic rings. The van der Waals surface area contributed by atoms with Gasteiger partial charge in [0.25, 0.3) is 5.56 Å². The first kappa shape index (κ1) is 12.0. The van der Waals surface area contributed by atoms with Crippen molar-refractivity contribution in [2.24, 2.45) is 0 Å². The van der Waals surface area contributed by atoms with E-state index in [9.17, 15) is 19.8 Å². The fourth-order valence-electron chi connectivity index (χ4n) is 1.79. The normalized spacial score (nSPS) is 32.9. The van der Waals surface area contributed by atoms with Crippen LogP contribution in [0.15, 0.2) is 15.8 Å². The molecule has 1 aliphatic heterocycles. The molecule has 8 nitrogen and oxygen atoms in total. The first-order chi connectivity index (χ1) is 8.04. The van der Waals surface area contributed by atoms with Crippen LogP contribution in [0.25, 0.3) is 0 Å². The minimum absolute atomic E-state index is 0.00731. The van der Waals surface area contributed by atoms with Gasteiger partial charge in [-0.05, 0) is 0 Å². The zero-order chi connectivity index (χ0) is 12.6. The second-order valence-corrected chi connectivity index (χ2v) is 3.79. The molecule has 0 aliphatic carbocycles. The highest BCUT2D eigenvalue weighted by Crippen LogP contribution is 2.31. The second-order valence-electron chi connectivity index (χ2n) is 3.79. The van der Waals surface area contributed by atoms with Crippen LogP contribution in [0.2, 0.25) is 0 Å². The first-order valence-electron chi connectivity index (χ1n) is 4.99. The van der Waals surface area contributed by atoms with E-state index in [2.05, 4.69) is 4.98 Å². The molecule has 0 bridgehead atoms. The smallest absolute Gasteiger partial charge is 0.325 e. The van der Waals surface area contributed by atoms with Gasteiger partial charge in [-0.3, -0.25) is 9.78 Å². The molecule has 1 aliphatic rings. The largest absolute Gasteiger partial charge is 0.394 e. The topological polar surface area (TPSA) is 136 Å². The van der Waals surface area contributed by atoms with Crippen molar-refractivity contribution in [2.75, 3.05) is 6.61 Å². The summed E-state index contributed by atoms with van der Waals surface area (Å²) in [6, 6.07) is 0. The molecule has 0 aromatic carbocycles. The van der Waals surface area contributed by atoms with Gasteiger partial charge in [-0.15, -0.1) is 0 Å². The molecular weight excluding hydrogens is 232 g/mol. The number of aromatic amines is 2. The van der Waals surface area contributed by atoms with Gasteiger partial charge in [0.1, 0.15) is 24.4 Å². The third-order valence-electron chi connectivity index (χ3n) is 2.70. The summed E-state index contributed by atoms with van der Waals surface area (Å²) in [6.07, 6.45) is -3.54. The number of aliphatic hydroxyl groups excluding tert-OH is 3. The van der Waals surface area contributed by atoms with Gasteiger partial charge in [-0.25, -0.2) is 4.79 Å². The molecule has 0 spiro atoms. The van der Waals surface area contributed by atoms with Gasteiger partial charge < -0.3 is 25.0 Å². The fourth-order valence-corrected chi connectivity index (χ4v) is 1.79. The number of aliphatic hydroxyl groups is 3. The number of aromatic nitrogens is 2. The molecule has 17 heavy (non-hydrogen) atoms. The fraction of sp³-hybridized carbons (Fsp3) is 0.556. The summed E-state index contributed by atoms with van der Waals surface area (Å²) in [5.74, 6) is 0. The molecule has 1 unspecified atom stereocenters. The Kier molecular flexibility index (Phi) is 3.11. The summed E-state index contributed by atoms with van der Waals surface area (Å²) in [4.78, 5) is 26.5. The monoisotopic (exact) mass is 244 g/mol. The number of ether oxygens (including phenoxy) is 1. The van der Waals surface area contributed by atoms with E-state index < -0.39 is 42.3 Å². The summed E-state index contributed by atoms with van der Waals surface area (Å²) in [5.41, 5.74) is -1.39. The van der Waals surface area contributed by atoms with Crippen LogP contribution in [-0.4, -0.2) is 50.2 Å². The number of hydrogen-bond acceptors (Lipinski definition) is 6. The van der Waals surface area contributed by atoms with E-state index in [1.165, 1.54) is 0 Å². The molecule has 1 fully saturated rings. The van der Waals surface area contributed by atoms with E-state index in [1.807, 2.05) is 4.98 Å². The van der Waals surface area contributed by atoms with Gasteiger partial charge in [-0.1, -0.05) is 0 Å². The van der Waals surface area contributed by atoms with Gasteiger partial charge in [0, 0.05) is 6.20 Å². The Hall–Kier alpha value is -1.48. The van der Waals surface area contributed by atoms with Crippen LogP contribution in [0.4, 0.5) is 0 Å². The summed E-state index contributed by atoms with van der Waals surface area (Å²) in [6.45, 7) is -0.476. The van der Waals surface area contributed by atoms with Crippen molar-refractivity contribution < 1.29 is 20.1 Å². The molecule has 0 amide bonds. The Labute approximate surface area is 94.5 Å². The highest BCUT2D eigenvalue weighted by atomic mass is 16.6. The summed E-state index contributed by atoms with van der Waals surface area (Å²) >= 11 is 0. The van der Waals surface area contributed by atoms with Crippen molar-refractivity contribution in [3.63, 3.8) is 0 Å². The van der Waals surface area contributed by atoms with E-state index in [4.69, 9.17) is 9.84 Å². The second kappa shape index (κ2) is 4.41. The lowest BCUT2D eigenvalue weighted by Crippen LogP contribution is -2.34. The molecule has 8 heteroatoms. The average molecular weight is 244 g/mol. The Morgan fingerprint density at radius 3 is 2.53 bits per heavy atom. The lowest BCUT2D eigenvalue weighted by molar-refractivity contribution is -0.0232. The predicted molar refractivity (Wildman–Crippen MR) is 54.4 cm³/mol. The van der Waals surface area contributed by atoms with Gasteiger partial charge >= 0.3 is 5.69 Å². The lowest BCUT2D eigenvalue weighted by Gasteiger charge is -2.13. The molecule has 1 aromatic heterocycles. The van der Waals surface area contributed by atoms with Crippen molar-refractivity contribution >= 4 is 0 Å². The molecule has 2 rings (SSSR count). The number of H-pyrrole nitrogens is 2. The van der Waals surface area contributed by atoms with Crippen LogP contribution in [0.1, 0.15) is 11.7 Å². The van der Waals surface area contributed by atoms with Crippen molar-refractivity contribution in [1.82, 2.24) is 9.97 Å². The van der Waals surface area contributed by atoms with Crippen molar-refractivity contribution in [2.45, 2.75) is 24.4 Å². The van der Waals surface area contributed by atoms with E-state index in [0.29, 0.717) is 0 Å². The number of rotatable bonds is 2. The first-order valence-corrected chi connectivity index (χ1v) is 4.99. The van der Waals surface area contributed by atoms with Crippen LogP contribution in [0.3, 0.4) is 0 Å². The van der Waals surface area contributed by atoms with Gasteiger partial charge in [-0.2, -0.15) is 0 Å². The number of nitrogens with one attached hydrogen (secondary N) is 2. The molecule has 2 heterocycles. The van der Waals surface area contributed by atoms with Crippen molar-refractivity contribution in [3.05, 3.63) is 32.6 Å². The van der Waals surface area contributed by atoms with E-state index >= 15 is 0 Å². The van der Waals surface area contributed by atoms with Crippen LogP contribution in [-0.2, 0) is 4.74 Å². The quantitative estimate of drug-likeness (QED) is 0.382. The Morgan fingerprint density at radius 1 is 1.29 bits per heavy atom. The predicted octanol–water partition coefficient (Wildman–Crippen LogP) is -2.78. The van der Waals surface area contributed by atoms with E-state index in [1.54, 1.807) is 0 Å². The Balaban J connectivity index is 2.35. The zero-order valence-electron chi connectivity index (χ0n) is 8.66. The van der Waals surface area contributed by atoms with Crippen LogP contribution < -0.4 is 11.2 Å². The average Bonchev–Trinajstić information content (AvgIpc) is 2.57. The molecule has 94 valence electrons. The Bertz CT molecular complexity index is 509. The van der Waals surface area contributed by atoms with Crippen LogP contribution in [0, 0.1) is 0 Å². The zero-order valence-corrected chi connectivity index (χ0v) is 8.66. The lowest BCUT2D eigenvalue weighted by atomic mass is 10.0. The maximum Gasteiger partial charge on any atom is 0.325 e. The van der Waals surface area contributed by atoms with Crippen LogP contribution >= 0.6 is 0 Å². The van der Waals surface area contributed by atoms with Gasteiger partial charge in [0.2, 0.25) is 0 Å². The van der Waals surface area contributed by atoms with Gasteiger partial charge in [0.05, 0.1) is 12.2 Å². The van der Waals surface area contributed by atoms with E-state index in [-0.39, 0.29) is 5.56 Å². The third kappa shape index (κ3) is 2.03. The Morgan fingerprint density at radius 2 is 2.00 bits per heavy atom. The SMILES string of the molecule is O=c1[nH]cc([C@H]2O[C@H](CO)[C@H](O)C2O)c(=O)[nH]1. The summed E-state index contributed by atoms with van der Waals surface area (Å²) in [7, 11) is 0. The summed E-state index contributed by atoms with van der Waals surface area (Å²) < 4.78 is 5.15. The highest BCUT2D eigenvalue weighted by Gasteiger charge is 2.44. The molecule has 0 saturated carbocycles. The minimum Gasteiger partial charge on any atom is -0.394 e. The van der Waals surface area contributed by atoms with E-state index in [0.717, 1.165) is 6.20 Å². The molecule has 0 radical (unpaired) electrons. The molecule has 5 N–H and O–H groups in total. The van der Waals surface area contributed by atoms with Crippen molar-refractivity contribution in [3.8, 4) is 0 Å². The minimum atomic E-state index is -1.33. The number of hydrogen-bond donors (Lipinski definition) is 5. The highest BCUT2D eigenvalue weighted by molar-refractivity contribution is 5.13. The maximum atomic E-state index is 11.5. The summed E-state index contributed by atoms with van der Waals surface area (Å²) in [5, 5.41) is 28.1. The van der Waals surface area contributed by atoms with Gasteiger partial charge in [0.15, 0.2) is 0 Å². The molecular formula is C9H12N2O6. The van der Waals surface area contributed by atoms with Crippen LogP contribution in [0.5, 0.6) is 0 Å². The van der Waals surface area contributed by atoms with Crippen molar-refractivity contribution in [1.29, 1.82) is 0 Å². The standard InChI is InChI=1S/C9H12N2O6/c12-2-4-5(13)6(14)7(17-4)3-1-10-9(16)11-8(3)15/h1,4-7,12-14H,2H2,(H2,10,11,15,16)/t4-,5+,6?,7-/m1/s1. The molecule has 1 saturated heterocycles. The molecule has 4 atom stereocenters. The third-order valence-corrected chi connectivity index (χ3v) is 2.70. The maximum absolute atomic E-state index is 11.5.